The zero-order valence-corrected chi connectivity index (χ0v) is 4.68. The smallest absolute Gasteiger partial charge is 0.0401 e. The van der Waals surface area contributed by atoms with Crippen LogP contribution in [-0.4, -0.2) is 4.98 Å². The fraction of sp³-hybridized carbons (Fsp3) is 0.286. The van der Waals surface area contributed by atoms with E-state index in [4.69, 9.17) is 4.11 Å². The molecular weight excluding hydrogens is 98.1 g/mol. The second kappa shape index (κ2) is 1.95. The monoisotopic (exact) mass is 110 g/mol. The van der Waals surface area contributed by atoms with Crippen LogP contribution in [-0.2, 0) is 0 Å². The maximum absolute atomic E-state index is 7.08. The van der Waals surface area contributed by atoms with Crippen molar-refractivity contribution < 1.29 is 4.11 Å². The SMILES string of the molecule is [2H]C([2H])([2H])c1ncccc1C. The number of hydrogen-bond donors (Lipinski definition) is 0. The summed E-state index contributed by atoms with van der Waals surface area (Å²) in [6, 6.07) is 3.47. The number of hydrogen-bond acceptors (Lipinski definition) is 1. The molecule has 1 heteroatoms. The van der Waals surface area contributed by atoms with Gasteiger partial charge in [-0.15, -0.1) is 0 Å². The minimum Gasteiger partial charge on any atom is -0.261 e. The summed E-state index contributed by atoms with van der Waals surface area (Å²) in [5.41, 5.74) is 0.910. The summed E-state index contributed by atoms with van der Waals surface area (Å²) < 4.78 is 21.3. The molecule has 1 heterocycles. The Morgan fingerprint density at radius 1 is 1.75 bits per heavy atom. The Morgan fingerprint density at radius 3 is 3.12 bits per heavy atom. The lowest BCUT2D eigenvalue weighted by molar-refractivity contribution is 1.15. The molecule has 0 fully saturated rings. The molecule has 0 radical (unpaired) electrons. The van der Waals surface area contributed by atoms with Crippen molar-refractivity contribution in [3.63, 3.8) is 0 Å². The molecule has 8 heavy (non-hydrogen) atoms. The van der Waals surface area contributed by atoms with E-state index < -0.39 is 6.85 Å². The molecule has 0 saturated carbocycles. The van der Waals surface area contributed by atoms with E-state index in [9.17, 15) is 0 Å². The second-order valence-corrected chi connectivity index (χ2v) is 1.67. The highest BCUT2D eigenvalue weighted by Crippen LogP contribution is 1.98. The van der Waals surface area contributed by atoms with E-state index in [1.807, 2.05) is 0 Å². The standard InChI is InChI=1S/C7H9N/c1-6-4-3-5-8-7(6)2/h3-5H,1-2H3/i2D3. The second-order valence-electron chi connectivity index (χ2n) is 1.67. The Morgan fingerprint density at radius 2 is 2.62 bits per heavy atom. The summed E-state index contributed by atoms with van der Waals surface area (Å²) in [4.78, 5) is 3.79. The van der Waals surface area contributed by atoms with E-state index in [2.05, 4.69) is 4.98 Å². The van der Waals surface area contributed by atoms with Gasteiger partial charge in [0.15, 0.2) is 0 Å². The fourth-order valence-corrected chi connectivity index (χ4v) is 0.486. The molecule has 42 valence electrons. The number of aryl methyl sites for hydroxylation is 2. The van der Waals surface area contributed by atoms with Gasteiger partial charge in [0.1, 0.15) is 0 Å². The molecule has 0 N–H and O–H groups in total. The number of pyridine rings is 1. The third-order valence-electron chi connectivity index (χ3n) is 1.01. The molecule has 0 aliphatic heterocycles. The molecule has 0 spiro atoms. The first-order valence-electron chi connectivity index (χ1n) is 3.94. The van der Waals surface area contributed by atoms with Crippen LogP contribution < -0.4 is 0 Å². The molecule has 0 bridgehead atoms. The molecule has 1 rings (SSSR count). The number of rotatable bonds is 0. The van der Waals surface area contributed by atoms with Crippen LogP contribution in [0.2, 0.25) is 0 Å². The summed E-state index contributed by atoms with van der Waals surface area (Å²) in [6.45, 7) is -0.333. The van der Waals surface area contributed by atoms with Crippen LogP contribution in [0, 0.1) is 13.8 Å². The maximum atomic E-state index is 7.08. The molecule has 0 saturated heterocycles. The van der Waals surface area contributed by atoms with Gasteiger partial charge in [0.05, 0.1) is 0 Å². The van der Waals surface area contributed by atoms with Gasteiger partial charge >= 0.3 is 0 Å². The first-order chi connectivity index (χ1) is 5.02. The van der Waals surface area contributed by atoms with Crippen LogP contribution in [0.15, 0.2) is 18.3 Å². The fourth-order valence-electron chi connectivity index (χ4n) is 0.486. The average molecular weight is 110 g/mol. The average Bonchev–Trinajstić information content (AvgIpc) is 1.86. The summed E-state index contributed by atoms with van der Waals surface area (Å²) in [6.07, 6.45) is 1.49. The Balaban J connectivity index is 3.14. The molecule has 0 aromatic carbocycles. The lowest BCUT2D eigenvalue weighted by Crippen LogP contribution is -1.81. The molecule has 0 aliphatic rings. The molecular formula is C7H9N. The van der Waals surface area contributed by atoms with Crippen LogP contribution in [0.5, 0.6) is 0 Å². The van der Waals surface area contributed by atoms with E-state index >= 15 is 0 Å². The molecule has 0 aliphatic carbocycles. The van der Waals surface area contributed by atoms with Crippen LogP contribution in [0.1, 0.15) is 15.4 Å². The van der Waals surface area contributed by atoms with Gasteiger partial charge < -0.3 is 0 Å². The first kappa shape index (κ1) is 2.62. The van der Waals surface area contributed by atoms with Crippen molar-refractivity contribution in [2.24, 2.45) is 0 Å². The number of nitrogens with zero attached hydrogens (tertiary/aromatic N) is 1. The van der Waals surface area contributed by atoms with E-state index in [1.54, 1.807) is 19.1 Å². The van der Waals surface area contributed by atoms with Gasteiger partial charge in [-0.1, -0.05) is 6.07 Å². The highest BCUT2D eigenvalue weighted by molar-refractivity contribution is 5.15. The van der Waals surface area contributed by atoms with Crippen molar-refractivity contribution in [2.45, 2.75) is 13.8 Å². The van der Waals surface area contributed by atoms with Gasteiger partial charge in [-0.25, -0.2) is 0 Å². The molecule has 1 nitrogen and oxygen atoms in total. The van der Waals surface area contributed by atoms with Gasteiger partial charge in [-0.3, -0.25) is 4.98 Å². The van der Waals surface area contributed by atoms with Crippen LogP contribution >= 0.6 is 0 Å². The van der Waals surface area contributed by atoms with Gasteiger partial charge in [-0.2, -0.15) is 0 Å². The van der Waals surface area contributed by atoms with Crippen molar-refractivity contribution in [1.82, 2.24) is 4.98 Å². The topological polar surface area (TPSA) is 12.9 Å². The zero-order valence-electron chi connectivity index (χ0n) is 7.68. The Bertz CT molecular complexity index is 254. The Hall–Kier alpha value is -0.850. The van der Waals surface area contributed by atoms with Crippen molar-refractivity contribution >= 4 is 0 Å². The van der Waals surface area contributed by atoms with Gasteiger partial charge in [0, 0.05) is 16.0 Å². The van der Waals surface area contributed by atoms with Crippen molar-refractivity contribution in [1.29, 1.82) is 0 Å². The highest BCUT2D eigenvalue weighted by Gasteiger charge is 1.85. The summed E-state index contributed by atoms with van der Waals surface area (Å²) in [7, 11) is 0. The molecule has 0 amide bonds. The van der Waals surface area contributed by atoms with Gasteiger partial charge in [0.25, 0.3) is 0 Å². The van der Waals surface area contributed by atoms with Crippen molar-refractivity contribution in [3.8, 4) is 0 Å². The molecule has 0 unspecified atom stereocenters. The minimum atomic E-state index is -2.08. The molecule has 0 atom stereocenters. The van der Waals surface area contributed by atoms with Crippen LogP contribution in [0.3, 0.4) is 0 Å². The normalized spacial score (nSPS) is 16.4. The lowest BCUT2D eigenvalue weighted by Gasteiger charge is -1.92. The van der Waals surface area contributed by atoms with E-state index in [1.165, 1.54) is 6.20 Å². The molecule has 1 aromatic rings. The first-order valence-corrected chi connectivity index (χ1v) is 2.44. The van der Waals surface area contributed by atoms with E-state index in [-0.39, 0.29) is 5.69 Å². The Labute approximate surface area is 53.6 Å². The summed E-state index contributed by atoms with van der Waals surface area (Å²) in [5.74, 6) is 0. The largest absolute Gasteiger partial charge is 0.261 e. The minimum absolute atomic E-state index is 0.194. The number of aromatic nitrogens is 1. The quantitative estimate of drug-likeness (QED) is 0.495. The van der Waals surface area contributed by atoms with Gasteiger partial charge in [0.2, 0.25) is 0 Å². The predicted molar refractivity (Wildman–Crippen MR) is 33.7 cm³/mol. The van der Waals surface area contributed by atoms with Crippen LogP contribution in [0.25, 0.3) is 0 Å². The summed E-state index contributed by atoms with van der Waals surface area (Å²) >= 11 is 0. The third kappa shape index (κ3) is 0.861. The molecule has 1 aromatic heterocycles. The van der Waals surface area contributed by atoms with Gasteiger partial charge in [-0.05, 0) is 25.4 Å². The van der Waals surface area contributed by atoms with Crippen molar-refractivity contribution in [2.75, 3.05) is 0 Å². The van der Waals surface area contributed by atoms with E-state index in [0.717, 1.165) is 0 Å². The third-order valence-corrected chi connectivity index (χ3v) is 1.01. The summed E-state index contributed by atoms with van der Waals surface area (Å²) in [5, 5.41) is 0. The Kier molecular flexibility index (Phi) is 0.639. The zero-order chi connectivity index (χ0) is 8.48. The lowest BCUT2D eigenvalue weighted by atomic mass is 10.2. The predicted octanol–water partition coefficient (Wildman–Crippen LogP) is 1.70. The van der Waals surface area contributed by atoms with E-state index in [0.29, 0.717) is 5.56 Å². The van der Waals surface area contributed by atoms with Crippen LogP contribution in [0.4, 0.5) is 0 Å². The maximum Gasteiger partial charge on any atom is 0.0401 e. The van der Waals surface area contributed by atoms with Crippen molar-refractivity contribution in [3.05, 3.63) is 29.6 Å². The highest BCUT2D eigenvalue weighted by atomic mass is 14.6.